The molecule has 0 aliphatic carbocycles. The molecule has 0 aromatic heterocycles. The normalized spacial score (nSPS) is 17.6. The van der Waals surface area contributed by atoms with Gasteiger partial charge in [0.05, 0.1) is 0 Å². The molecule has 2 N–H and O–H groups in total. The summed E-state index contributed by atoms with van der Waals surface area (Å²) in [5.74, 6) is -1.14. The lowest BCUT2D eigenvalue weighted by Gasteiger charge is -2.31. The maximum atomic E-state index is 12.0. The van der Waals surface area contributed by atoms with Gasteiger partial charge < -0.3 is 0 Å². The van der Waals surface area contributed by atoms with Crippen LogP contribution < -0.4 is 5.48 Å². The van der Waals surface area contributed by atoms with Crippen molar-refractivity contribution in [1.29, 1.82) is 0 Å². The molecule has 1 amide bonds. The Labute approximate surface area is 124 Å². The van der Waals surface area contributed by atoms with E-state index in [-0.39, 0.29) is 0 Å². The number of benzene rings is 1. The fourth-order valence-corrected chi connectivity index (χ4v) is 3.97. The summed E-state index contributed by atoms with van der Waals surface area (Å²) in [5.41, 5.74) is 2.62. The molecule has 1 aliphatic rings. The highest BCUT2D eigenvalue weighted by Gasteiger charge is 2.29. The van der Waals surface area contributed by atoms with Crippen LogP contribution in [0.1, 0.15) is 18.4 Å². The maximum Gasteiger partial charge on any atom is 0.259 e. The molecular weight excluding hydrogens is 292 g/mol. The predicted molar refractivity (Wildman–Crippen MR) is 78.2 cm³/mol. The number of nitrogens with zero attached hydrogens (tertiary/aromatic N) is 1. The Morgan fingerprint density at radius 3 is 2.43 bits per heavy atom. The number of nitrogens with one attached hydrogen (secondary N) is 1. The van der Waals surface area contributed by atoms with E-state index < -0.39 is 21.7 Å². The maximum absolute atomic E-state index is 12.0. The van der Waals surface area contributed by atoms with Gasteiger partial charge in [-0.3, -0.25) is 10.0 Å². The van der Waals surface area contributed by atoms with Gasteiger partial charge in [0.25, 0.3) is 5.91 Å². The lowest BCUT2D eigenvalue weighted by Crippen LogP contribution is -2.43. The molecule has 1 saturated heterocycles. The number of hydroxylamine groups is 1. The quantitative estimate of drug-likeness (QED) is 0.621. The molecule has 7 heteroatoms. The van der Waals surface area contributed by atoms with Crippen molar-refractivity contribution in [3.63, 3.8) is 0 Å². The molecule has 21 heavy (non-hydrogen) atoms. The molecule has 0 atom stereocenters. The van der Waals surface area contributed by atoms with Gasteiger partial charge in [0.2, 0.25) is 10.0 Å². The average Bonchev–Trinajstić information content (AvgIpc) is 2.48. The van der Waals surface area contributed by atoms with Gasteiger partial charge in [-0.2, -0.15) is 0 Å². The molecule has 0 saturated carbocycles. The number of piperidine rings is 1. The Morgan fingerprint density at radius 2 is 1.86 bits per heavy atom. The van der Waals surface area contributed by atoms with Gasteiger partial charge in [0.15, 0.2) is 0 Å². The molecule has 116 valence electrons. The van der Waals surface area contributed by atoms with Crippen LogP contribution in [-0.2, 0) is 21.2 Å². The number of carbonyl (C=O) groups is 1. The van der Waals surface area contributed by atoms with E-state index in [9.17, 15) is 13.2 Å². The van der Waals surface area contributed by atoms with E-state index in [4.69, 9.17) is 5.21 Å². The smallest absolute Gasteiger partial charge is 0.259 e. The van der Waals surface area contributed by atoms with E-state index in [1.165, 1.54) is 15.3 Å². The third-order valence-electron chi connectivity index (χ3n) is 3.77. The van der Waals surface area contributed by atoms with Crippen molar-refractivity contribution in [2.24, 2.45) is 5.92 Å². The lowest BCUT2D eigenvalue weighted by atomic mass is 9.91. The zero-order chi connectivity index (χ0) is 15.3. The summed E-state index contributed by atoms with van der Waals surface area (Å²) in [7, 11) is -3.63. The highest BCUT2D eigenvalue weighted by Crippen LogP contribution is 2.23. The molecule has 2 rings (SSSR count). The SMILES string of the molecule is O=C(CS(=O)(=O)N1CCC(Cc2ccccc2)CC1)NO. The first kappa shape index (κ1) is 15.9. The predicted octanol–water partition coefficient (Wildman–Crippen LogP) is 0.776. The van der Waals surface area contributed by atoms with Crippen LogP contribution in [0.2, 0.25) is 0 Å². The summed E-state index contributed by atoms with van der Waals surface area (Å²) in [4.78, 5) is 11.0. The molecule has 1 aliphatic heterocycles. The van der Waals surface area contributed by atoms with Crippen molar-refractivity contribution < 1.29 is 18.4 Å². The van der Waals surface area contributed by atoms with E-state index in [0.717, 1.165) is 19.3 Å². The molecule has 0 bridgehead atoms. The molecule has 1 aromatic carbocycles. The van der Waals surface area contributed by atoms with Gasteiger partial charge in [0.1, 0.15) is 5.75 Å². The van der Waals surface area contributed by atoms with Crippen LogP contribution in [-0.4, -0.2) is 42.7 Å². The highest BCUT2D eigenvalue weighted by molar-refractivity contribution is 7.89. The summed E-state index contributed by atoms with van der Waals surface area (Å²) in [5, 5.41) is 8.42. The molecular formula is C14H20N2O4S. The fourth-order valence-electron chi connectivity index (χ4n) is 2.63. The minimum Gasteiger partial charge on any atom is -0.289 e. The summed E-state index contributed by atoms with van der Waals surface area (Å²) in [6, 6.07) is 10.1. The standard InChI is InChI=1S/C14H20N2O4S/c17-14(15-18)11-21(19,20)16-8-6-13(7-9-16)10-12-4-2-1-3-5-12/h1-5,13,18H,6-11H2,(H,15,17). The van der Waals surface area contributed by atoms with Crippen molar-refractivity contribution in [1.82, 2.24) is 9.79 Å². The second-order valence-corrected chi connectivity index (χ2v) is 7.29. The number of amides is 1. The Morgan fingerprint density at radius 1 is 1.24 bits per heavy atom. The molecule has 1 fully saturated rings. The second-order valence-electron chi connectivity index (χ2n) is 5.32. The van der Waals surface area contributed by atoms with Gasteiger partial charge in [-0.15, -0.1) is 0 Å². The monoisotopic (exact) mass is 312 g/mol. The first-order valence-electron chi connectivity index (χ1n) is 6.96. The van der Waals surface area contributed by atoms with Crippen molar-refractivity contribution in [2.75, 3.05) is 18.8 Å². The highest BCUT2D eigenvalue weighted by atomic mass is 32.2. The average molecular weight is 312 g/mol. The van der Waals surface area contributed by atoms with E-state index >= 15 is 0 Å². The Hall–Kier alpha value is -1.44. The molecule has 0 radical (unpaired) electrons. The fraction of sp³-hybridized carbons (Fsp3) is 0.500. The van der Waals surface area contributed by atoms with Crippen LogP contribution in [0.3, 0.4) is 0 Å². The molecule has 1 aromatic rings. The molecule has 1 heterocycles. The van der Waals surface area contributed by atoms with Gasteiger partial charge >= 0.3 is 0 Å². The van der Waals surface area contributed by atoms with Gasteiger partial charge in [-0.25, -0.2) is 18.2 Å². The topological polar surface area (TPSA) is 86.7 Å². The largest absolute Gasteiger partial charge is 0.289 e. The third kappa shape index (κ3) is 4.52. The van der Waals surface area contributed by atoms with E-state index in [1.807, 2.05) is 18.2 Å². The minimum atomic E-state index is -3.63. The summed E-state index contributed by atoms with van der Waals surface area (Å²) in [6.45, 7) is 0.858. The van der Waals surface area contributed by atoms with Gasteiger partial charge in [-0.1, -0.05) is 30.3 Å². The van der Waals surface area contributed by atoms with Crippen LogP contribution in [0.4, 0.5) is 0 Å². The van der Waals surface area contributed by atoms with Crippen LogP contribution in [0.25, 0.3) is 0 Å². The Kier molecular flexibility index (Phi) is 5.33. The summed E-state index contributed by atoms with van der Waals surface area (Å²) >= 11 is 0. The lowest BCUT2D eigenvalue weighted by molar-refractivity contribution is -0.126. The summed E-state index contributed by atoms with van der Waals surface area (Å²) in [6.07, 6.45) is 2.52. The number of hydrogen-bond acceptors (Lipinski definition) is 4. The molecule has 0 spiro atoms. The van der Waals surface area contributed by atoms with E-state index in [1.54, 1.807) is 0 Å². The van der Waals surface area contributed by atoms with Crippen molar-refractivity contribution in [2.45, 2.75) is 19.3 Å². The minimum absolute atomic E-state index is 0.429. The zero-order valence-electron chi connectivity index (χ0n) is 11.7. The molecule has 6 nitrogen and oxygen atoms in total. The van der Waals surface area contributed by atoms with Crippen LogP contribution in [0, 0.1) is 5.92 Å². The Balaban J connectivity index is 1.87. The van der Waals surface area contributed by atoms with Crippen molar-refractivity contribution in [3.05, 3.63) is 35.9 Å². The number of carbonyl (C=O) groups excluding carboxylic acids is 1. The van der Waals surface area contributed by atoms with Crippen LogP contribution in [0.15, 0.2) is 30.3 Å². The van der Waals surface area contributed by atoms with Crippen molar-refractivity contribution in [3.8, 4) is 0 Å². The third-order valence-corrected chi connectivity index (χ3v) is 5.55. The second kappa shape index (κ2) is 7.02. The summed E-state index contributed by atoms with van der Waals surface area (Å²) < 4.78 is 25.3. The van der Waals surface area contributed by atoms with E-state index in [0.29, 0.717) is 19.0 Å². The van der Waals surface area contributed by atoms with Crippen LogP contribution in [0.5, 0.6) is 0 Å². The first-order valence-corrected chi connectivity index (χ1v) is 8.57. The van der Waals surface area contributed by atoms with Gasteiger partial charge in [0, 0.05) is 13.1 Å². The van der Waals surface area contributed by atoms with Gasteiger partial charge in [-0.05, 0) is 30.7 Å². The number of hydrogen-bond donors (Lipinski definition) is 2. The molecule has 0 unspecified atom stereocenters. The first-order chi connectivity index (χ1) is 10.0. The number of sulfonamides is 1. The Bertz CT molecular complexity index is 566. The van der Waals surface area contributed by atoms with E-state index in [2.05, 4.69) is 12.1 Å². The zero-order valence-corrected chi connectivity index (χ0v) is 12.6. The van der Waals surface area contributed by atoms with Crippen molar-refractivity contribution >= 4 is 15.9 Å². The van der Waals surface area contributed by atoms with Crippen LogP contribution >= 0.6 is 0 Å². The number of rotatable bonds is 5.